The van der Waals surface area contributed by atoms with Gasteiger partial charge in [-0.15, -0.1) is 5.10 Å². The molecule has 0 saturated carbocycles. The van der Waals surface area contributed by atoms with Crippen molar-refractivity contribution < 1.29 is 4.79 Å². The SMILES string of the molecule is Cc1ccc(-c2cc(C(=O)NC(C)Cn3ccc(C)n3)cc(-n3nnnc3C(C)C)c2)cc1. The largest absolute Gasteiger partial charge is 0.348 e. The lowest BCUT2D eigenvalue weighted by Gasteiger charge is -2.16. The number of nitrogens with zero attached hydrogens (tertiary/aromatic N) is 6. The van der Waals surface area contributed by atoms with Crippen LogP contribution in [0.2, 0.25) is 0 Å². The number of amides is 1. The minimum atomic E-state index is -0.152. The van der Waals surface area contributed by atoms with E-state index < -0.39 is 0 Å². The van der Waals surface area contributed by atoms with Gasteiger partial charge in [0.25, 0.3) is 5.91 Å². The molecule has 0 aliphatic carbocycles. The van der Waals surface area contributed by atoms with Gasteiger partial charge in [-0.25, -0.2) is 0 Å². The van der Waals surface area contributed by atoms with Gasteiger partial charge in [0.1, 0.15) is 0 Å². The van der Waals surface area contributed by atoms with Crippen molar-refractivity contribution in [3.05, 3.63) is 77.4 Å². The van der Waals surface area contributed by atoms with Gasteiger partial charge in [0.05, 0.1) is 17.9 Å². The molecule has 0 bridgehead atoms. The lowest BCUT2D eigenvalue weighted by Crippen LogP contribution is -2.35. The molecule has 4 aromatic rings. The van der Waals surface area contributed by atoms with Crippen LogP contribution in [0.25, 0.3) is 16.8 Å². The normalized spacial score (nSPS) is 12.2. The summed E-state index contributed by atoms with van der Waals surface area (Å²) in [6, 6.07) is 15.8. The molecule has 170 valence electrons. The predicted octanol–water partition coefficient (Wildman–Crippen LogP) is 4.08. The maximum absolute atomic E-state index is 13.2. The van der Waals surface area contributed by atoms with Crippen LogP contribution in [-0.4, -0.2) is 41.9 Å². The lowest BCUT2D eigenvalue weighted by atomic mass is 10.00. The highest BCUT2D eigenvalue weighted by molar-refractivity contribution is 5.96. The third-order valence-corrected chi connectivity index (χ3v) is 5.43. The van der Waals surface area contributed by atoms with Gasteiger partial charge in [0.15, 0.2) is 5.82 Å². The van der Waals surface area contributed by atoms with Crippen LogP contribution in [0.5, 0.6) is 0 Å². The summed E-state index contributed by atoms with van der Waals surface area (Å²) in [7, 11) is 0. The number of rotatable bonds is 7. The topological polar surface area (TPSA) is 90.5 Å². The second kappa shape index (κ2) is 9.36. The van der Waals surface area contributed by atoms with Gasteiger partial charge < -0.3 is 5.32 Å². The van der Waals surface area contributed by atoms with Gasteiger partial charge >= 0.3 is 0 Å². The van der Waals surface area contributed by atoms with Crippen LogP contribution < -0.4 is 5.32 Å². The molecule has 1 N–H and O–H groups in total. The van der Waals surface area contributed by atoms with E-state index in [4.69, 9.17) is 0 Å². The van der Waals surface area contributed by atoms with Crippen molar-refractivity contribution in [1.82, 2.24) is 35.3 Å². The number of hydrogen-bond acceptors (Lipinski definition) is 5. The van der Waals surface area contributed by atoms with Crippen molar-refractivity contribution in [3.63, 3.8) is 0 Å². The van der Waals surface area contributed by atoms with Crippen LogP contribution in [0.3, 0.4) is 0 Å². The summed E-state index contributed by atoms with van der Waals surface area (Å²) in [5.41, 5.74) is 5.39. The zero-order chi connectivity index (χ0) is 23.5. The molecule has 33 heavy (non-hydrogen) atoms. The molecule has 1 amide bonds. The van der Waals surface area contributed by atoms with Gasteiger partial charge in [0.2, 0.25) is 0 Å². The minimum Gasteiger partial charge on any atom is -0.348 e. The van der Waals surface area contributed by atoms with Gasteiger partial charge in [-0.05, 0) is 66.6 Å². The number of aromatic nitrogens is 6. The summed E-state index contributed by atoms with van der Waals surface area (Å²) in [5.74, 6) is 0.725. The maximum Gasteiger partial charge on any atom is 0.251 e. The Morgan fingerprint density at radius 3 is 2.42 bits per heavy atom. The molecule has 2 aromatic heterocycles. The number of tetrazole rings is 1. The second-order valence-corrected chi connectivity index (χ2v) is 8.79. The maximum atomic E-state index is 13.2. The van der Waals surface area contributed by atoms with Crippen molar-refractivity contribution in [2.24, 2.45) is 0 Å². The Morgan fingerprint density at radius 2 is 1.76 bits per heavy atom. The fraction of sp³-hybridized carbons (Fsp3) is 0.320. The molecule has 8 nitrogen and oxygen atoms in total. The lowest BCUT2D eigenvalue weighted by molar-refractivity contribution is 0.0936. The molecule has 4 rings (SSSR count). The fourth-order valence-electron chi connectivity index (χ4n) is 3.71. The highest BCUT2D eigenvalue weighted by Crippen LogP contribution is 2.26. The molecule has 1 atom stereocenters. The third kappa shape index (κ3) is 5.16. The van der Waals surface area contributed by atoms with E-state index in [1.807, 2.05) is 62.8 Å². The van der Waals surface area contributed by atoms with E-state index in [2.05, 4.69) is 57.1 Å². The molecule has 1 unspecified atom stereocenters. The molecular weight excluding hydrogens is 414 g/mol. The molecule has 0 fully saturated rings. The van der Waals surface area contributed by atoms with Crippen LogP contribution in [0.1, 0.15) is 54.1 Å². The zero-order valence-electron chi connectivity index (χ0n) is 19.6. The van der Waals surface area contributed by atoms with E-state index in [0.29, 0.717) is 12.1 Å². The molecule has 0 spiro atoms. The summed E-state index contributed by atoms with van der Waals surface area (Å²) >= 11 is 0. The summed E-state index contributed by atoms with van der Waals surface area (Å²) in [5, 5.41) is 19.7. The predicted molar refractivity (Wildman–Crippen MR) is 127 cm³/mol. The molecule has 2 heterocycles. The molecule has 0 saturated heterocycles. The Kier molecular flexibility index (Phi) is 6.35. The van der Waals surface area contributed by atoms with E-state index >= 15 is 0 Å². The monoisotopic (exact) mass is 443 g/mol. The highest BCUT2D eigenvalue weighted by Gasteiger charge is 2.17. The van der Waals surface area contributed by atoms with Crippen molar-refractivity contribution >= 4 is 5.91 Å². The molecule has 0 aliphatic rings. The Labute approximate surface area is 193 Å². The number of hydrogen-bond donors (Lipinski definition) is 1. The average Bonchev–Trinajstić information content (AvgIpc) is 3.43. The first kappa shape index (κ1) is 22.4. The van der Waals surface area contributed by atoms with Crippen LogP contribution in [0.4, 0.5) is 0 Å². The molecule has 0 radical (unpaired) electrons. The van der Waals surface area contributed by atoms with Gasteiger partial charge in [-0.3, -0.25) is 9.48 Å². The minimum absolute atomic E-state index is 0.0949. The number of benzene rings is 2. The van der Waals surface area contributed by atoms with Crippen LogP contribution in [0.15, 0.2) is 54.7 Å². The molecule has 2 aromatic carbocycles. The van der Waals surface area contributed by atoms with Gasteiger partial charge in [-0.2, -0.15) is 9.78 Å². The van der Waals surface area contributed by atoms with E-state index in [1.54, 1.807) is 4.68 Å². The Balaban J connectivity index is 1.68. The molecule has 0 aliphatic heterocycles. The number of carbonyl (C=O) groups excluding carboxylic acids is 1. The number of nitrogens with one attached hydrogen (secondary N) is 1. The molecular formula is C25H29N7O. The summed E-state index contributed by atoms with van der Waals surface area (Å²) in [4.78, 5) is 13.2. The average molecular weight is 444 g/mol. The number of aryl methyl sites for hydroxylation is 2. The number of carbonyl (C=O) groups is 1. The van der Waals surface area contributed by atoms with Crippen LogP contribution in [-0.2, 0) is 6.54 Å². The van der Waals surface area contributed by atoms with E-state index in [9.17, 15) is 4.79 Å². The summed E-state index contributed by atoms with van der Waals surface area (Å²) < 4.78 is 3.54. The van der Waals surface area contributed by atoms with E-state index in [0.717, 1.165) is 28.3 Å². The first-order valence-electron chi connectivity index (χ1n) is 11.1. The van der Waals surface area contributed by atoms with Crippen molar-refractivity contribution in [2.75, 3.05) is 0 Å². The Hall–Kier alpha value is -3.81. The van der Waals surface area contributed by atoms with Crippen molar-refractivity contribution in [3.8, 4) is 16.8 Å². The molecule has 8 heteroatoms. The highest BCUT2D eigenvalue weighted by atomic mass is 16.1. The van der Waals surface area contributed by atoms with Crippen molar-refractivity contribution in [1.29, 1.82) is 0 Å². The van der Waals surface area contributed by atoms with Crippen LogP contribution in [0, 0.1) is 13.8 Å². The van der Waals surface area contributed by atoms with E-state index in [-0.39, 0.29) is 17.9 Å². The summed E-state index contributed by atoms with van der Waals surface area (Å²) in [6.07, 6.45) is 1.92. The second-order valence-electron chi connectivity index (χ2n) is 8.79. The van der Waals surface area contributed by atoms with E-state index in [1.165, 1.54) is 5.56 Å². The van der Waals surface area contributed by atoms with Crippen molar-refractivity contribution in [2.45, 2.75) is 53.1 Å². The Morgan fingerprint density at radius 1 is 1.00 bits per heavy atom. The quantitative estimate of drug-likeness (QED) is 0.465. The van der Waals surface area contributed by atoms with Crippen LogP contribution >= 0.6 is 0 Å². The van der Waals surface area contributed by atoms with Gasteiger partial charge in [-0.1, -0.05) is 43.7 Å². The zero-order valence-corrected chi connectivity index (χ0v) is 19.6. The first-order valence-corrected chi connectivity index (χ1v) is 11.1. The smallest absolute Gasteiger partial charge is 0.251 e. The first-order chi connectivity index (χ1) is 15.8. The Bertz CT molecular complexity index is 1250. The fourth-order valence-corrected chi connectivity index (χ4v) is 3.71. The standard InChI is InChI=1S/C25H29N7O/c1-16(2)24-27-29-30-32(24)23-13-21(20-8-6-17(3)7-9-20)12-22(14-23)25(33)26-19(5)15-31-11-10-18(4)28-31/h6-14,16,19H,15H2,1-5H3,(H,26,33). The third-order valence-electron chi connectivity index (χ3n) is 5.43. The summed E-state index contributed by atoms with van der Waals surface area (Å²) in [6.45, 7) is 10.6. The van der Waals surface area contributed by atoms with Gasteiger partial charge in [0, 0.05) is 23.7 Å².